The minimum absolute atomic E-state index is 0.241. The predicted molar refractivity (Wildman–Crippen MR) is 60.1 cm³/mol. The quantitative estimate of drug-likeness (QED) is 0.616. The predicted octanol–water partition coefficient (Wildman–Crippen LogP) is -0.453. The Morgan fingerprint density at radius 3 is 2.73 bits per heavy atom. The molecule has 0 spiro atoms. The monoisotopic (exact) mass is 209 g/mol. The number of nitrogens with two attached hydrogens (primary N) is 1. The molecule has 4 nitrogen and oxygen atoms in total. The Kier molecular flexibility index (Phi) is 4.60. The van der Waals surface area contributed by atoms with Gasteiger partial charge in [0.1, 0.15) is 0 Å². The highest BCUT2D eigenvalue weighted by Crippen LogP contribution is 2.10. The van der Waals surface area contributed by atoms with E-state index in [4.69, 9.17) is 12.2 Å². The van der Waals surface area contributed by atoms with E-state index in [1.165, 1.54) is 0 Å². The summed E-state index contributed by atoms with van der Waals surface area (Å²) in [5.74, 6) is 2.35. The first kappa shape index (κ1) is 12.0. The Hall–Kier alpha value is -1.05. The maximum atomic E-state index is 10.9. The molecule has 4 heteroatoms. The van der Waals surface area contributed by atoms with Crippen LogP contribution >= 0.6 is 0 Å². The third kappa shape index (κ3) is 3.90. The number of carbonyl (C=O) groups is 1. The maximum absolute atomic E-state index is 10.9. The zero-order chi connectivity index (χ0) is 11.3. The standard InChI is InChI=1S/C11H19N3O/c1-3-6-14-7-4-10(5-8-14)13-9(2)11(12)15/h1,9-10,13H,4-8H2,2H3,(H2,12,15). The van der Waals surface area contributed by atoms with Crippen molar-refractivity contribution < 1.29 is 4.79 Å². The molecule has 0 bridgehead atoms. The zero-order valence-corrected chi connectivity index (χ0v) is 9.20. The molecular weight excluding hydrogens is 190 g/mol. The van der Waals surface area contributed by atoms with Gasteiger partial charge < -0.3 is 11.1 Å². The molecule has 15 heavy (non-hydrogen) atoms. The van der Waals surface area contributed by atoms with Gasteiger partial charge in [0.2, 0.25) is 5.91 Å². The molecule has 1 amide bonds. The average Bonchev–Trinajstić information content (AvgIpc) is 2.21. The van der Waals surface area contributed by atoms with Gasteiger partial charge in [-0.2, -0.15) is 0 Å². The second-order valence-electron chi connectivity index (χ2n) is 4.05. The SMILES string of the molecule is C#CCN1CCC(NC(C)C(N)=O)CC1. The van der Waals surface area contributed by atoms with Crippen molar-refractivity contribution in [2.45, 2.75) is 31.8 Å². The molecular formula is C11H19N3O. The molecule has 0 aromatic heterocycles. The Bertz CT molecular complexity index is 251. The lowest BCUT2D eigenvalue weighted by atomic mass is 10.0. The van der Waals surface area contributed by atoms with Crippen LogP contribution in [0.5, 0.6) is 0 Å². The van der Waals surface area contributed by atoms with Crippen LogP contribution in [0.1, 0.15) is 19.8 Å². The van der Waals surface area contributed by atoms with Gasteiger partial charge in [0.25, 0.3) is 0 Å². The number of nitrogens with zero attached hydrogens (tertiary/aromatic N) is 1. The fourth-order valence-electron chi connectivity index (χ4n) is 1.82. The lowest BCUT2D eigenvalue weighted by molar-refractivity contribution is -0.119. The van der Waals surface area contributed by atoms with Crippen LogP contribution in [0.25, 0.3) is 0 Å². The first-order valence-electron chi connectivity index (χ1n) is 5.34. The van der Waals surface area contributed by atoms with Gasteiger partial charge in [-0.1, -0.05) is 5.92 Å². The molecule has 0 saturated carbocycles. The highest BCUT2D eigenvalue weighted by atomic mass is 16.1. The van der Waals surface area contributed by atoms with Gasteiger partial charge in [0, 0.05) is 19.1 Å². The van der Waals surface area contributed by atoms with Crippen LogP contribution in [0.3, 0.4) is 0 Å². The number of hydrogen-bond acceptors (Lipinski definition) is 3. The smallest absolute Gasteiger partial charge is 0.234 e. The van der Waals surface area contributed by atoms with Crippen LogP contribution in [0, 0.1) is 12.3 Å². The number of hydrogen-bond donors (Lipinski definition) is 2. The van der Waals surface area contributed by atoms with Crippen LogP contribution in [-0.4, -0.2) is 42.5 Å². The molecule has 3 N–H and O–H groups in total. The average molecular weight is 209 g/mol. The van der Waals surface area contributed by atoms with Crippen molar-refractivity contribution in [2.75, 3.05) is 19.6 Å². The van der Waals surface area contributed by atoms with Crippen molar-refractivity contribution in [2.24, 2.45) is 5.73 Å². The minimum atomic E-state index is -0.291. The second kappa shape index (κ2) is 5.74. The third-order valence-corrected chi connectivity index (χ3v) is 2.81. The van der Waals surface area contributed by atoms with Gasteiger partial charge in [-0.25, -0.2) is 0 Å². The van der Waals surface area contributed by atoms with E-state index < -0.39 is 0 Å². The first-order chi connectivity index (χ1) is 7.13. The summed E-state index contributed by atoms with van der Waals surface area (Å²) in [6.45, 7) is 4.51. The molecule has 0 aromatic carbocycles. The van der Waals surface area contributed by atoms with Gasteiger partial charge in [-0.05, 0) is 19.8 Å². The summed E-state index contributed by atoms with van der Waals surface area (Å²) in [5, 5.41) is 3.23. The Labute approximate surface area is 91.2 Å². The fourth-order valence-corrected chi connectivity index (χ4v) is 1.82. The van der Waals surface area contributed by atoms with Crippen LogP contribution < -0.4 is 11.1 Å². The van der Waals surface area contributed by atoms with Gasteiger partial charge in [-0.3, -0.25) is 9.69 Å². The van der Waals surface area contributed by atoms with E-state index in [0.29, 0.717) is 6.04 Å². The number of carbonyl (C=O) groups excluding carboxylic acids is 1. The molecule has 84 valence electrons. The van der Waals surface area contributed by atoms with E-state index in [0.717, 1.165) is 32.5 Å². The topological polar surface area (TPSA) is 58.4 Å². The summed E-state index contributed by atoms with van der Waals surface area (Å²) >= 11 is 0. The molecule has 1 unspecified atom stereocenters. The molecule has 1 rings (SSSR count). The zero-order valence-electron chi connectivity index (χ0n) is 9.20. The number of terminal acetylenes is 1. The molecule has 0 aliphatic carbocycles. The molecule has 1 aliphatic rings. The third-order valence-electron chi connectivity index (χ3n) is 2.81. The van der Waals surface area contributed by atoms with Crippen molar-refractivity contribution >= 4 is 5.91 Å². The van der Waals surface area contributed by atoms with Crippen LogP contribution in [0.4, 0.5) is 0 Å². The molecule has 0 radical (unpaired) electrons. The Balaban J connectivity index is 2.26. The largest absolute Gasteiger partial charge is 0.368 e. The van der Waals surface area contributed by atoms with Crippen molar-refractivity contribution in [3.05, 3.63) is 0 Å². The fraction of sp³-hybridized carbons (Fsp3) is 0.727. The molecule has 0 aromatic rings. The van der Waals surface area contributed by atoms with E-state index >= 15 is 0 Å². The van der Waals surface area contributed by atoms with Crippen LogP contribution in [-0.2, 0) is 4.79 Å². The maximum Gasteiger partial charge on any atom is 0.234 e. The van der Waals surface area contributed by atoms with Gasteiger partial charge in [0.15, 0.2) is 0 Å². The lowest BCUT2D eigenvalue weighted by Gasteiger charge is -2.32. The van der Waals surface area contributed by atoms with Gasteiger partial charge in [0.05, 0.1) is 12.6 Å². The Morgan fingerprint density at radius 1 is 1.67 bits per heavy atom. The summed E-state index contributed by atoms with van der Waals surface area (Å²) in [7, 11) is 0. The van der Waals surface area contributed by atoms with Gasteiger partial charge >= 0.3 is 0 Å². The van der Waals surface area contributed by atoms with Crippen molar-refractivity contribution in [1.82, 2.24) is 10.2 Å². The van der Waals surface area contributed by atoms with E-state index in [1.807, 2.05) is 0 Å². The summed E-state index contributed by atoms with van der Waals surface area (Å²) in [6, 6.07) is 0.149. The minimum Gasteiger partial charge on any atom is -0.368 e. The summed E-state index contributed by atoms with van der Waals surface area (Å²) in [6.07, 6.45) is 7.30. The van der Waals surface area contributed by atoms with E-state index in [9.17, 15) is 4.79 Å². The lowest BCUT2D eigenvalue weighted by Crippen LogP contribution is -2.49. The summed E-state index contributed by atoms with van der Waals surface area (Å²) in [5.41, 5.74) is 5.19. The second-order valence-corrected chi connectivity index (χ2v) is 4.05. The van der Waals surface area contributed by atoms with Crippen LogP contribution in [0.2, 0.25) is 0 Å². The van der Waals surface area contributed by atoms with Crippen molar-refractivity contribution in [3.63, 3.8) is 0 Å². The van der Waals surface area contributed by atoms with Crippen molar-refractivity contribution in [3.8, 4) is 12.3 Å². The molecule has 1 fully saturated rings. The van der Waals surface area contributed by atoms with Crippen LogP contribution in [0.15, 0.2) is 0 Å². The number of rotatable bonds is 4. The molecule has 1 atom stereocenters. The highest BCUT2D eigenvalue weighted by molar-refractivity contribution is 5.79. The molecule has 1 saturated heterocycles. The number of nitrogens with one attached hydrogen (secondary N) is 1. The normalized spacial score (nSPS) is 20.8. The first-order valence-corrected chi connectivity index (χ1v) is 5.34. The summed E-state index contributed by atoms with van der Waals surface area (Å²) in [4.78, 5) is 13.1. The molecule has 1 heterocycles. The highest BCUT2D eigenvalue weighted by Gasteiger charge is 2.21. The van der Waals surface area contributed by atoms with E-state index in [1.54, 1.807) is 6.92 Å². The molecule has 1 aliphatic heterocycles. The number of primary amides is 1. The number of amides is 1. The number of piperidine rings is 1. The summed E-state index contributed by atoms with van der Waals surface area (Å²) < 4.78 is 0. The Morgan fingerprint density at radius 2 is 2.27 bits per heavy atom. The van der Waals surface area contributed by atoms with E-state index in [-0.39, 0.29) is 11.9 Å². The van der Waals surface area contributed by atoms with Gasteiger partial charge in [-0.15, -0.1) is 6.42 Å². The number of likely N-dealkylation sites (tertiary alicyclic amines) is 1. The van der Waals surface area contributed by atoms with E-state index in [2.05, 4.69) is 16.1 Å². The van der Waals surface area contributed by atoms with Crippen molar-refractivity contribution in [1.29, 1.82) is 0 Å².